The van der Waals surface area contributed by atoms with Crippen LogP contribution in [0.15, 0.2) is 78.9 Å². The SMILES string of the molecule is CCCCNC(=O)C(Cc1ccccc1)N(Cc1ccc(C)cc1)C(=O)CSCc1cccc(Cl)c1. The molecular formula is C30H35ClN2O2S. The van der Waals surface area contributed by atoms with Crippen LogP contribution in [0.25, 0.3) is 0 Å². The Morgan fingerprint density at radius 3 is 2.36 bits per heavy atom. The molecule has 2 amide bonds. The quantitative estimate of drug-likeness (QED) is 0.263. The summed E-state index contributed by atoms with van der Waals surface area (Å²) in [7, 11) is 0. The lowest BCUT2D eigenvalue weighted by molar-refractivity contribution is -0.139. The fourth-order valence-corrected chi connectivity index (χ4v) is 4.99. The molecule has 4 nitrogen and oxygen atoms in total. The predicted octanol–water partition coefficient (Wildman–Crippen LogP) is 6.44. The first kappa shape index (κ1) is 27.8. The maximum absolute atomic E-state index is 13.6. The molecule has 0 aliphatic carbocycles. The van der Waals surface area contributed by atoms with Gasteiger partial charge in [-0.1, -0.05) is 97.2 Å². The maximum Gasteiger partial charge on any atom is 0.243 e. The smallest absolute Gasteiger partial charge is 0.243 e. The Labute approximate surface area is 224 Å². The van der Waals surface area contributed by atoms with E-state index in [1.807, 2.05) is 85.8 Å². The fourth-order valence-electron chi connectivity index (χ4n) is 3.92. The molecule has 36 heavy (non-hydrogen) atoms. The van der Waals surface area contributed by atoms with Gasteiger partial charge >= 0.3 is 0 Å². The molecule has 1 unspecified atom stereocenters. The number of benzene rings is 3. The van der Waals surface area contributed by atoms with Gasteiger partial charge in [0.05, 0.1) is 5.75 Å². The average molecular weight is 523 g/mol. The van der Waals surface area contributed by atoms with Gasteiger partial charge in [0.15, 0.2) is 0 Å². The number of hydrogen-bond donors (Lipinski definition) is 1. The van der Waals surface area contributed by atoms with E-state index in [4.69, 9.17) is 11.6 Å². The summed E-state index contributed by atoms with van der Waals surface area (Å²) in [5.41, 5.74) is 4.27. The first-order chi connectivity index (χ1) is 17.5. The van der Waals surface area contributed by atoms with Gasteiger partial charge in [0.1, 0.15) is 6.04 Å². The van der Waals surface area contributed by atoms with Gasteiger partial charge in [0, 0.05) is 30.3 Å². The number of carbonyl (C=O) groups excluding carboxylic acids is 2. The number of nitrogens with one attached hydrogen (secondary N) is 1. The number of thioether (sulfide) groups is 1. The van der Waals surface area contributed by atoms with Crippen LogP contribution in [-0.4, -0.2) is 35.1 Å². The minimum Gasteiger partial charge on any atom is -0.354 e. The molecule has 6 heteroatoms. The Hall–Kier alpha value is -2.76. The Balaban J connectivity index is 1.82. The molecule has 190 valence electrons. The van der Waals surface area contributed by atoms with Crippen molar-refractivity contribution in [1.29, 1.82) is 0 Å². The van der Waals surface area contributed by atoms with E-state index in [0.29, 0.717) is 30.3 Å². The van der Waals surface area contributed by atoms with E-state index in [1.165, 1.54) is 11.8 Å². The summed E-state index contributed by atoms with van der Waals surface area (Å²) in [4.78, 5) is 28.8. The van der Waals surface area contributed by atoms with Gasteiger partial charge in [-0.25, -0.2) is 0 Å². The van der Waals surface area contributed by atoms with E-state index >= 15 is 0 Å². The minimum atomic E-state index is -0.593. The zero-order valence-electron chi connectivity index (χ0n) is 21.1. The Morgan fingerprint density at radius 2 is 1.67 bits per heavy atom. The van der Waals surface area contributed by atoms with E-state index in [0.717, 1.165) is 35.1 Å². The third kappa shape index (κ3) is 9.03. The van der Waals surface area contributed by atoms with Crippen molar-refractivity contribution in [3.8, 4) is 0 Å². The number of unbranched alkanes of at least 4 members (excludes halogenated alkanes) is 1. The number of aryl methyl sites for hydroxylation is 1. The zero-order chi connectivity index (χ0) is 25.8. The summed E-state index contributed by atoms with van der Waals surface area (Å²) in [6, 6.07) is 25.1. The van der Waals surface area contributed by atoms with Crippen LogP contribution in [0.4, 0.5) is 0 Å². The third-order valence-electron chi connectivity index (χ3n) is 5.96. The molecule has 0 fully saturated rings. The summed E-state index contributed by atoms with van der Waals surface area (Å²) in [6.07, 6.45) is 2.37. The van der Waals surface area contributed by atoms with E-state index in [-0.39, 0.29) is 17.6 Å². The van der Waals surface area contributed by atoms with Crippen molar-refractivity contribution >= 4 is 35.2 Å². The monoisotopic (exact) mass is 522 g/mol. The van der Waals surface area contributed by atoms with Crippen LogP contribution in [0.1, 0.15) is 42.0 Å². The van der Waals surface area contributed by atoms with Crippen molar-refractivity contribution in [1.82, 2.24) is 10.2 Å². The second-order valence-electron chi connectivity index (χ2n) is 8.98. The Morgan fingerprint density at radius 1 is 0.944 bits per heavy atom. The molecule has 0 radical (unpaired) electrons. The van der Waals surface area contributed by atoms with Gasteiger partial charge in [-0.05, 0) is 42.2 Å². The summed E-state index contributed by atoms with van der Waals surface area (Å²) < 4.78 is 0. The van der Waals surface area contributed by atoms with E-state index in [9.17, 15) is 9.59 Å². The molecule has 3 aromatic rings. The standard InChI is InChI=1S/C30H35ClN2O2S/c1-3-4-17-32-30(35)28(19-24-9-6-5-7-10-24)33(20-25-15-13-23(2)14-16-25)29(34)22-36-21-26-11-8-12-27(31)18-26/h5-16,18,28H,3-4,17,19-22H2,1-2H3,(H,32,35). The normalized spacial score (nSPS) is 11.6. The van der Waals surface area contributed by atoms with Gasteiger partial charge in [0.25, 0.3) is 0 Å². The first-order valence-electron chi connectivity index (χ1n) is 12.4. The lowest BCUT2D eigenvalue weighted by Crippen LogP contribution is -2.51. The van der Waals surface area contributed by atoms with Crippen LogP contribution in [0, 0.1) is 6.92 Å². The fraction of sp³-hybridized carbons (Fsp3) is 0.333. The molecular weight excluding hydrogens is 488 g/mol. The number of nitrogens with zero attached hydrogens (tertiary/aromatic N) is 1. The van der Waals surface area contributed by atoms with Crippen molar-refractivity contribution in [2.75, 3.05) is 12.3 Å². The lowest BCUT2D eigenvalue weighted by atomic mass is 10.0. The zero-order valence-corrected chi connectivity index (χ0v) is 22.7. The van der Waals surface area contributed by atoms with Crippen molar-refractivity contribution in [3.63, 3.8) is 0 Å². The molecule has 0 spiro atoms. The number of carbonyl (C=O) groups is 2. The van der Waals surface area contributed by atoms with Gasteiger partial charge in [-0.15, -0.1) is 11.8 Å². The first-order valence-corrected chi connectivity index (χ1v) is 14.0. The molecule has 3 rings (SSSR count). The highest BCUT2D eigenvalue weighted by molar-refractivity contribution is 7.99. The minimum absolute atomic E-state index is 0.0471. The molecule has 0 bridgehead atoms. The molecule has 1 atom stereocenters. The van der Waals surface area contributed by atoms with Gasteiger partial charge in [-0.3, -0.25) is 9.59 Å². The second-order valence-corrected chi connectivity index (χ2v) is 10.4. The largest absolute Gasteiger partial charge is 0.354 e. The van der Waals surface area contributed by atoms with Gasteiger partial charge in [0.2, 0.25) is 11.8 Å². The predicted molar refractivity (Wildman–Crippen MR) is 151 cm³/mol. The molecule has 3 aromatic carbocycles. The lowest BCUT2D eigenvalue weighted by Gasteiger charge is -2.31. The third-order valence-corrected chi connectivity index (χ3v) is 7.18. The molecule has 0 aromatic heterocycles. The van der Waals surface area contributed by atoms with E-state index in [2.05, 4.69) is 12.2 Å². The summed E-state index contributed by atoms with van der Waals surface area (Å²) in [6.45, 7) is 5.13. The van der Waals surface area contributed by atoms with Crippen molar-refractivity contribution in [2.45, 2.75) is 51.4 Å². The van der Waals surface area contributed by atoms with E-state index < -0.39 is 6.04 Å². The maximum atomic E-state index is 13.6. The Kier molecular flexibility index (Phi) is 11.4. The number of amides is 2. The van der Waals surface area contributed by atoms with Crippen LogP contribution in [0.5, 0.6) is 0 Å². The molecule has 0 heterocycles. The van der Waals surface area contributed by atoms with Gasteiger partial charge < -0.3 is 10.2 Å². The number of halogens is 1. The van der Waals surface area contributed by atoms with Crippen LogP contribution in [-0.2, 0) is 28.3 Å². The van der Waals surface area contributed by atoms with Crippen molar-refractivity contribution in [3.05, 3.63) is 106 Å². The molecule has 0 saturated heterocycles. The second kappa shape index (κ2) is 14.7. The Bertz CT molecular complexity index is 1110. The number of rotatable bonds is 13. The van der Waals surface area contributed by atoms with Crippen LogP contribution < -0.4 is 5.32 Å². The summed E-state index contributed by atoms with van der Waals surface area (Å²) in [5, 5.41) is 3.76. The molecule has 1 N–H and O–H groups in total. The summed E-state index contributed by atoms with van der Waals surface area (Å²) >= 11 is 7.65. The van der Waals surface area contributed by atoms with Crippen LogP contribution in [0.3, 0.4) is 0 Å². The highest BCUT2D eigenvalue weighted by Crippen LogP contribution is 2.20. The van der Waals surface area contributed by atoms with Crippen LogP contribution in [0.2, 0.25) is 5.02 Å². The topological polar surface area (TPSA) is 49.4 Å². The molecule has 0 aliphatic rings. The van der Waals surface area contributed by atoms with E-state index in [1.54, 1.807) is 4.90 Å². The highest BCUT2D eigenvalue weighted by Gasteiger charge is 2.30. The summed E-state index contributed by atoms with van der Waals surface area (Å²) in [5.74, 6) is 0.810. The number of hydrogen-bond acceptors (Lipinski definition) is 3. The van der Waals surface area contributed by atoms with Gasteiger partial charge in [-0.2, -0.15) is 0 Å². The molecule has 0 saturated carbocycles. The molecule has 0 aliphatic heterocycles. The van der Waals surface area contributed by atoms with Crippen molar-refractivity contribution in [2.24, 2.45) is 0 Å². The van der Waals surface area contributed by atoms with Crippen LogP contribution >= 0.6 is 23.4 Å². The average Bonchev–Trinajstić information content (AvgIpc) is 2.88. The van der Waals surface area contributed by atoms with Crippen molar-refractivity contribution < 1.29 is 9.59 Å². The highest BCUT2D eigenvalue weighted by atomic mass is 35.5.